The van der Waals surface area contributed by atoms with Crippen molar-refractivity contribution in [3.8, 4) is 5.75 Å². The zero-order valence-electron chi connectivity index (χ0n) is 12.8. The van der Waals surface area contributed by atoms with Crippen molar-refractivity contribution < 1.29 is 22.7 Å². The first kappa shape index (κ1) is 17.5. The van der Waals surface area contributed by atoms with Gasteiger partial charge >= 0.3 is 6.18 Å². The highest BCUT2D eigenvalue weighted by molar-refractivity contribution is 5.84. The fourth-order valence-corrected chi connectivity index (χ4v) is 2.01. The molecule has 0 bridgehead atoms. The van der Waals surface area contributed by atoms with Crippen LogP contribution in [-0.2, 0) is 17.4 Å². The molecule has 0 spiro atoms. The SMILES string of the molecule is COc1ccc(CC(=O)N/N=C\c2ccccc2C(F)(F)F)cc1. The Balaban J connectivity index is 1.97. The van der Waals surface area contributed by atoms with E-state index in [9.17, 15) is 18.0 Å². The molecule has 2 aromatic rings. The molecule has 0 heterocycles. The molecule has 1 N–H and O–H groups in total. The zero-order valence-corrected chi connectivity index (χ0v) is 12.8. The molecule has 24 heavy (non-hydrogen) atoms. The molecular weight excluding hydrogens is 321 g/mol. The summed E-state index contributed by atoms with van der Waals surface area (Å²) in [6.45, 7) is 0. The Hall–Kier alpha value is -2.83. The number of hydrazone groups is 1. The number of halogens is 3. The highest BCUT2D eigenvalue weighted by Crippen LogP contribution is 2.30. The molecule has 0 aromatic heterocycles. The van der Waals surface area contributed by atoms with Gasteiger partial charge in [-0.25, -0.2) is 5.43 Å². The van der Waals surface area contributed by atoms with Crippen LogP contribution in [0.4, 0.5) is 13.2 Å². The van der Waals surface area contributed by atoms with Crippen molar-refractivity contribution in [2.45, 2.75) is 12.6 Å². The first-order valence-electron chi connectivity index (χ1n) is 7.01. The van der Waals surface area contributed by atoms with E-state index < -0.39 is 17.6 Å². The maximum atomic E-state index is 12.8. The molecule has 0 unspecified atom stereocenters. The molecule has 0 radical (unpaired) electrons. The van der Waals surface area contributed by atoms with E-state index >= 15 is 0 Å². The summed E-state index contributed by atoms with van der Waals surface area (Å²) in [4.78, 5) is 11.8. The topological polar surface area (TPSA) is 50.7 Å². The monoisotopic (exact) mass is 336 g/mol. The number of nitrogens with zero attached hydrogens (tertiary/aromatic N) is 1. The lowest BCUT2D eigenvalue weighted by Gasteiger charge is -2.09. The second kappa shape index (κ2) is 7.63. The van der Waals surface area contributed by atoms with Crippen LogP contribution in [0.5, 0.6) is 5.75 Å². The van der Waals surface area contributed by atoms with Crippen molar-refractivity contribution >= 4 is 12.1 Å². The van der Waals surface area contributed by atoms with Crippen molar-refractivity contribution in [1.29, 1.82) is 0 Å². The molecule has 1 amide bonds. The number of ether oxygens (including phenoxy) is 1. The summed E-state index contributed by atoms with van der Waals surface area (Å²) in [5.74, 6) is 0.238. The summed E-state index contributed by atoms with van der Waals surface area (Å²) < 4.78 is 43.5. The van der Waals surface area contributed by atoms with Crippen LogP contribution in [-0.4, -0.2) is 19.2 Å². The number of benzene rings is 2. The van der Waals surface area contributed by atoms with Crippen LogP contribution in [0.25, 0.3) is 0 Å². The summed E-state index contributed by atoms with van der Waals surface area (Å²) in [6.07, 6.45) is -3.44. The van der Waals surface area contributed by atoms with Gasteiger partial charge in [0.2, 0.25) is 5.91 Å². The van der Waals surface area contributed by atoms with Crippen LogP contribution in [0.2, 0.25) is 0 Å². The second-order valence-corrected chi connectivity index (χ2v) is 4.90. The lowest BCUT2D eigenvalue weighted by atomic mass is 10.1. The maximum Gasteiger partial charge on any atom is 0.417 e. The van der Waals surface area contributed by atoms with E-state index in [0.717, 1.165) is 17.8 Å². The number of nitrogens with one attached hydrogen (secondary N) is 1. The van der Waals surface area contributed by atoms with Crippen LogP contribution in [0, 0.1) is 0 Å². The van der Waals surface area contributed by atoms with Crippen LogP contribution in [0.1, 0.15) is 16.7 Å². The largest absolute Gasteiger partial charge is 0.497 e. The van der Waals surface area contributed by atoms with Gasteiger partial charge in [0.25, 0.3) is 0 Å². The normalized spacial score (nSPS) is 11.5. The Labute approximate surface area is 137 Å². The molecule has 126 valence electrons. The van der Waals surface area contributed by atoms with E-state index in [2.05, 4.69) is 10.5 Å². The third-order valence-corrected chi connectivity index (χ3v) is 3.18. The molecule has 0 aliphatic rings. The summed E-state index contributed by atoms with van der Waals surface area (Å²) >= 11 is 0. The van der Waals surface area contributed by atoms with Gasteiger partial charge in [0.1, 0.15) is 5.75 Å². The predicted octanol–water partition coefficient (Wildman–Crippen LogP) is 3.41. The van der Waals surface area contributed by atoms with Crippen molar-refractivity contribution in [2.24, 2.45) is 5.10 Å². The molecular formula is C17H15F3N2O2. The number of amides is 1. The number of hydrogen-bond donors (Lipinski definition) is 1. The molecule has 0 atom stereocenters. The van der Waals surface area contributed by atoms with Gasteiger partial charge in [-0.15, -0.1) is 0 Å². The minimum atomic E-state index is -4.48. The maximum absolute atomic E-state index is 12.8. The molecule has 0 fully saturated rings. The van der Waals surface area contributed by atoms with Gasteiger partial charge in [-0.3, -0.25) is 4.79 Å². The van der Waals surface area contributed by atoms with Gasteiger partial charge < -0.3 is 4.74 Å². The Morgan fingerprint density at radius 3 is 2.46 bits per heavy atom. The van der Waals surface area contributed by atoms with Crippen LogP contribution >= 0.6 is 0 Å². The first-order valence-corrected chi connectivity index (χ1v) is 7.01. The standard InChI is InChI=1S/C17H15F3N2O2/c1-24-14-8-6-12(7-9-14)10-16(23)22-21-11-13-4-2-3-5-15(13)17(18,19)20/h2-9,11H,10H2,1H3,(H,22,23)/b21-11-. The molecule has 2 rings (SSSR count). The summed E-state index contributed by atoms with van der Waals surface area (Å²) in [6, 6.07) is 11.9. The second-order valence-electron chi connectivity index (χ2n) is 4.90. The fraction of sp³-hybridized carbons (Fsp3) is 0.176. The quantitative estimate of drug-likeness (QED) is 0.672. The van der Waals surface area contributed by atoms with Crippen LogP contribution < -0.4 is 10.2 Å². The molecule has 4 nitrogen and oxygen atoms in total. The Bertz CT molecular complexity index is 725. The number of alkyl halides is 3. The highest BCUT2D eigenvalue weighted by Gasteiger charge is 2.32. The molecule has 0 aliphatic heterocycles. The van der Waals surface area contributed by atoms with Crippen molar-refractivity contribution in [1.82, 2.24) is 5.43 Å². The molecule has 7 heteroatoms. The molecule has 0 saturated heterocycles. The van der Waals surface area contributed by atoms with E-state index in [1.165, 1.54) is 25.3 Å². The fourth-order valence-electron chi connectivity index (χ4n) is 2.01. The van der Waals surface area contributed by atoms with E-state index in [4.69, 9.17) is 4.74 Å². The summed E-state index contributed by atoms with van der Waals surface area (Å²) in [5, 5.41) is 3.60. The Kier molecular flexibility index (Phi) is 5.57. The summed E-state index contributed by atoms with van der Waals surface area (Å²) in [5.41, 5.74) is 2.03. The third kappa shape index (κ3) is 4.84. The van der Waals surface area contributed by atoms with E-state index in [-0.39, 0.29) is 12.0 Å². The average molecular weight is 336 g/mol. The van der Waals surface area contributed by atoms with Gasteiger partial charge in [0, 0.05) is 5.56 Å². The number of methoxy groups -OCH3 is 1. The Morgan fingerprint density at radius 2 is 1.83 bits per heavy atom. The van der Waals surface area contributed by atoms with Crippen molar-refractivity contribution in [3.05, 3.63) is 65.2 Å². The van der Waals surface area contributed by atoms with Crippen molar-refractivity contribution in [3.63, 3.8) is 0 Å². The minimum Gasteiger partial charge on any atom is -0.497 e. The van der Waals surface area contributed by atoms with E-state index in [0.29, 0.717) is 5.75 Å². The van der Waals surface area contributed by atoms with Gasteiger partial charge in [0.15, 0.2) is 0 Å². The molecule has 0 aliphatic carbocycles. The highest BCUT2D eigenvalue weighted by atomic mass is 19.4. The predicted molar refractivity (Wildman–Crippen MR) is 83.9 cm³/mol. The van der Waals surface area contributed by atoms with Gasteiger partial charge in [-0.2, -0.15) is 18.3 Å². The van der Waals surface area contributed by atoms with E-state index in [1.54, 1.807) is 24.3 Å². The number of carbonyl (C=O) groups excluding carboxylic acids is 1. The Morgan fingerprint density at radius 1 is 1.17 bits per heavy atom. The average Bonchev–Trinajstić information content (AvgIpc) is 2.55. The lowest BCUT2D eigenvalue weighted by Crippen LogP contribution is -2.20. The van der Waals surface area contributed by atoms with Gasteiger partial charge in [-0.1, -0.05) is 30.3 Å². The third-order valence-electron chi connectivity index (χ3n) is 3.18. The first-order chi connectivity index (χ1) is 11.4. The summed E-state index contributed by atoms with van der Waals surface area (Å²) in [7, 11) is 1.54. The van der Waals surface area contributed by atoms with Crippen molar-refractivity contribution in [2.75, 3.05) is 7.11 Å². The van der Waals surface area contributed by atoms with Crippen LogP contribution in [0.3, 0.4) is 0 Å². The number of hydrogen-bond acceptors (Lipinski definition) is 3. The molecule has 2 aromatic carbocycles. The zero-order chi connectivity index (χ0) is 17.6. The van der Waals surface area contributed by atoms with Gasteiger partial charge in [-0.05, 0) is 23.8 Å². The number of rotatable bonds is 5. The van der Waals surface area contributed by atoms with Crippen LogP contribution in [0.15, 0.2) is 53.6 Å². The molecule has 0 saturated carbocycles. The smallest absolute Gasteiger partial charge is 0.417 e. The number of carbonyl (C=O) groups is 1. The van der Waals surface area contributed by atoms with E-state index in [1.807, 2.05) is 0 Å². The lowest BCUT2D eigenvalue weighted by molar-refractivity contribution is -0.137. The van der Waals surface area contributed by atoms with Gasteiger partial charge in [0.05, 0.1) is 25.3 Å². The minimum absolute atomic E-state index is 0.0578.